The molecule has 7 heteroatoms. The zero-order chi connectivity index (χ0) is 23.3. The summed E-state index contributed by atoms with van der Waals surface area (Å²) < 4.78 is 16.3. The molecule has 0 unspecified atom stereocenters. The van der Waals surface area contributed by atoms with Crippen LogP contribution in [0.15, 0.2) is 24.3 Å². The fourth-order valence-electron chi connectivity index (χ4n) is 3.30. The van der Waals surface area contributed by atoms with Gasteiger partial charge in [-0.15, -0.1) is 0 Å². The molecule has 1 heterocycles. The fourth-order valence-corrected chi connectivity index (χ4v) is 3.30. The monoisotopic (exact) mass is 427 g/mol. The van der Waals surface area contributed by atoms with Crippen LogP contribution in [0.3, 0.4) is 0 Å². The van der Waals surface area contributed by atoms with Crippen molar-refractivity contribution >= 4 is 23.6 Å². The molecule has 7 nitrogen and oxygen atoms in total. The molecule has 2 rings (SSSR count). The maximum absolute atomic E-state index is 12.7. The summed E-state index contributed by atoms with van der Waals surface area (Å²) >= 11 is 0. The number of benzene rings is 1. The van der Waals surface area contributed by atoms with Crippen molar-refractivity contribution in [3.05, 3.63) is 52.4 Å². The Balaban J connectivity index is 2.08. The van der Waals surface area contributed by atoms with Gasteiger partial charge in [-0.05, 0) is 70.9 Å². The Kier molecular flexibility index (Phi) is 7.80. The summed E-state index contributed by atoms with van der Waals surface area (Å²) in [5.74, 6) is -0.0236. The molecule has 0 aliphatic rings. The number of carbonyl (C=O) groups excluding carboxylic acids is 3. The number of hydrogen-bond donors (Lipinski definition) is 1. The van der Waals surface area contributed by atoms with Crippen molar-refractivity contribution in [2.24, 2.45) is 0 Å². The lowest BCUT2D eigenvalue weighted by atomic mass is 10.0. The number of H-pyrrole nitrogens is 1. The maximum atomic E-state index is 12.7. The van der Waals surface area contributed by atoms with E-state index in [4.69, 9.17) is 14.2 Å². The summed E-state index contributed by atoms with van der Waals surface area (Å²) in [5.41, 5.74) is 2.65. The van der Waals surface area contributed by atoms with Crippen molar-refractivity contribution in [2.45, 2.75) is 53.8 Å². The Morgan fingerprint density at radius 3 is 2.29 bits per heavy atom. The lowest BCUT2D eigenvalue weighted by Gasteiger charge is -2.13. The van der Waals surface area contributed by atoms with Crippen LogP contribution in [0.25, 0.3) is 6.08 Å². The van der Waals surface area contributed by atoms with E-state index in [1.54, 1.807) is 45.2 Å². The van der Waals surface area contributed by atoms with Crippen molar-refractivity contribution < 1.29 is 28.6 Å². The van der Waals surface area contributed by atoms with Crippen LogP contribution in [0, 0.1) is 13.8 Å². The number of aromatic amines is 1. The van der Waals surface area contributed by atoms with Gasteiger partial charge in [0.25, 0.3) is 0 Å². The number of ether oxygens (including phenoxy) is 3. The van der Waals surface area contributed by atoms with E-state index in [2.05, 4.69) is 4.98 Å². The Labute approximate surface area is 182 Å². The third kappa shape index (κ3) is 5.84. The number of ketones is 2. The molecule has 2 aromatic rings. The number of carbonyl (C=O) groups is 3. The minimum absolute atomic E-state index is 0.00270. The Morgan fingerprint density at radius 1 is 1.06 bits per heavy atom. The van der Waals surface area contributed by atoms with Gasteiger partial charge in [-0.25, -0.2) is 4.79 Å². The Hall–Kier alpha value is -3.35. The number of esters is 1. The van der Waals surface area contributed by atoms with Gasteiger partial charge in [-0.3, -0.25) is 9.59 Å². The van der Waals surface area contributed by atoms with Gasteiger partial charge in [0, 0.05) is 17.3 Å². The molecular formula is C24H29NO6. The molecule has 166 valence electrons. The molecule has 0 fully saturated rings. The zero-order valence-corrected chi connectivity index (χ0v) is 19.0. The number of rotatable bonds is 9. The second-order valence-corrected chi connectivity index (χ2v) is 7.53. The molecule has 0 aliphatic heterocycles. The van der Waals surface area contributed by atoms with Gasteiger partial charge < -0.3 is 19.2 Å². The first kappa shape index (κ1) is 23.9. The van der Waals surface area contributed by atoms with E-state index in [-0.39, 0.29) is 17.6 Å². The van der Waals surface area contributed by atoms with Crippen LogP contribution < -0.4 is 9.47 Å². The van der Waals surface area contributed by atoms with Gasteiger partial charge in [-0.2, -0.15) is 0 Å². The molecule has 0 spiro atoms. The van der Waals surface area contributed by atoms with Crippen LogP contribution in [0.4, 0.5) is 0 Å². The molecule has 0 amide bonds. The predicted molar refractivity (Wildman–Crippen MR) is 118 cm³/mol. The summed E-state index contributed by atoms with van der Waals surface area (Å²) in [4.78, 5) is 39.6. The number of aryl methyl sites for hydroxylation is 1. The van der Waals surface area contributed by atoms with E-state index in [1.165, 1.54) is 19.9 Å². The topological polar surface area (TPSA) is 94.7 Å². The first-order valence-electron chi connectivity index (χ1n) is 10.0. The number of nitrogens with one attached hydrogen (secondary N) is 1. The van der Waals surface area contributed by atoms with E-state index >= 15 is 0 Å². The molecule has 1 aromatic carbocycles. The highest BCUT2D eigenvalue weighted by Crippen LogP contribution is 2.29. The van der Waals surface area contributed by atoms with Crippen molar-refractivity contribution in [3.8, 4) is 11.5 Å². The van der Waals surface area contributed by atoms with Gasteiger partial charge in [0.15, 0.2) is 23.4 Å². The number of methoxy groups -OCH3 is 1. The molecule has 1 aromatic heterocycles. The largest absolute Gasteiger partial charge is 0.493 e. The molecule has 0 saturated carbocycles. The van der Waals surface area contributed by atoms with Gasteiger partial charge in [0.1, 0.15) is 0 Å². The summed E-state index contributed by atoms with van der Waals surface area (Å²) in [6, 6.07) is 5.29. The molecule has 0 bridgehead atoms. The standard InChI is InChI=1S/C24H29NO6/c1-13(2)30-19-10-8-18(12-20(19)29-7)9-11-21(27)31-17(6)24(28)23-14(3)22(16(5)26)15(4)25-23/h8-13,17,25H,1-7H3/b11-9+/t17-/m0/s1. The van der Waals surface area contributed by atoms with Crippen LogP contribution in [0.1, 0.15) is 65.4 Å². The van der Waals surface area contributed by atoms with Crippen molar-refractivity contribution in [1.29, 1.82) is 0 Å². The molecular weight excluding hydrogens is 398 g/mol. The maximum Gasteiger partial charge on any atom is 0.331 e. The highest BCUT2D eigenvalue weighted by molar-refractivity contribution is 6.05. The number of aromatic nitrogens is 1. The Morgan fingerprint density at radius 2 is 1.74 bits per heavy atom. The third-order valence-corrected chi connectivity index (χ3v) is 4.66. The molecule has 1 N–H and O–H groups in total. The molecule has 1 atom stereocenters. The lowest BCUT2D eigenvalue weighted by molar-refractivity contribution is -0.140. The smallest absolute Gasteiger partial charge is 0.331 e. The van der Waals surface area contributed by atoms with E-state index < -0.39 is 17.9 Å². The van der Waals surface area contributed by atoms with Crippen molar-refractivity contribution in [1.82, 2.24) is 4.98 Å². The van der Waals surface area contributed by atoms with Gasteiger partial charge in [-0.1, -0.05) is 6.07 Å². The summed E-state index contributed by atoms with van der Waals surface area (Å²) in [6.07, 6.45) is 1.81. The van der Waals surface area contributed by atoms with E-state index in [0.717, 1.165) is 0 Å². The second kappa shape index (κ2) is 10.1. The van der Waals surface area contributed by atoms with Crippen LogP contribution in [-0.4, -0.2) is 41.8 Å². The summed E-state index contributed by atoms with van der Waals surface area (Å²) in [5, 5.41) is 0. The van der Waals surface area contributed by atoms with Crippen LogP contribution >= 0.6 is 0 Å². The highest BCUT2D eigenvalue weighted by atomic mass is 16.5. The third-order valence-electron chi connectivity index (χ3n) is 4.66. The van der Waals surface area contributed by atoms with E-state index in [0.29, 0.717) is 33.9 Å². The predicted octanol–water partition coefficient (Wildman–Crippen LogP) is 4.46. The summed E-state index contributed by atoms with van der Waals surface area (Å²) in [7, 11) is 1.54. The van der Waals surface area contributed by atoms with E-state index in [1.807, 2.05) is 13.8 Å². The van der Waals surface area contributed by atoms with Crippen LogP contribution in [-0.2, 0) is 9.53 Å². The average molecular weight is 427 g/mol. The van der Waals surface area contributed by atoms with Crippen LogP contribution in [0.2, 0.25) is 0 Å². The molecule has 0 aliphatic carbocycles. The minimum atomic E-state index is -1.01. The van der Waals surface area contributed by atoms with Crippen molar-refractivity contribution in [2.75, 3.05) is 7.11 Å². The number of hydrogen-bond acceptors (Lipinski definition) is 6. The van der Waals surface area contributed by atoms with E-state index in [9.17, 15) is 14.4 Å². The highest BCUT2D eigenvalue weighted by Gasteiger charge is 2.25. The van der Waals surface area contributed by atoms with Gasteiger partial charge in [0.2, 0.25) is 5.78 Å². The SMILES string of the molecule is COc1cc(/C=C/C(=O)O[C@@H](C)C(=O)c2[nH]c(C)c(C(C)=O)c2C)ccc1OC(C)C. The first-order valence-corrected chi connectivity index (χ1v) is 10.0. The van der Waals surface area contributed by atoms with Crippen molar-refractivity contribution in [3.63, 3.8) is 0 Å². The molecule has 31 heavy (non-hydrogen) atoms. The lowest BCUT2D eigenvalue weighted by Crippen LogP contribution is -2.24. The minimum Gasteiger partial charge on any atom is -0.493 e. The van der Waals surface area contributed by atoms with Gasteiger partial charge in [0.05, 0.1) is 18.9 Å². The quantitative estimate of drug-likeness (QED) is 0.361. The Bertz CT molecular complexity index is 1020. The molecule has 0 saturated heterocycles. The van der Waals surface area contributed by atoms with Crippen LogP contribution in [0.5, 0.6) is 11.5 Å². The summed E-state index contributed by atoms with van der Waals surface area (Å²) in [6.45, 7) is 10.2. The molecule has 0 radical (unpaired) electrons. The number of Topliss-reactive ketones (excluding diaryl/α,β-unsaturated/α-hetero) is 2. The average Bonchev–Trinajstić information content (AvgIpc) is 3.00. The fraction of sp³-hybridized carbons (Fsp3) is 0.375. The normalized spacial score (nSPS) is 12.1. The van der Waals surface area contributed by atoms with Gasteiger partial charge >= 0.3 is 5.97 Å². The zero-order valence-electron chi connectivity index (χ0n) is 19.0. The second-order valence-electron chi connectivity index (χ2n) is 7.53. The first-order chi connectivity index (χ1) is 14.5.